The maximum atomic E-state index is 6.12. The molecule has 1 aliphatic carbocycles. The van der Waals surface area contributed by atoms with Gasteiger partial charge < -0.3 is 10.5 Å². The molecule has 0 atom stereocenters. The molecule has 0 radical (unpaired) electrons. The highest BCUT2D eigenvalue weighted by Gasteiger charge is 2.34. The van der Waals surface area contributed by atoms with E-state index in [1.807, 2.05) is 13.0 Å². The highest BCUT2D eigenvalue weighted by atomic mass is 16.5. The van der Waals surface area contributed by atoms with Crippen LogP contribution in [0.25, 0.3) is 0 Å². The van der Waals surface area contributed by atoms with E-state index in [1.54, 1.807) is 0 Å². The number of rotatable bonds is 5. The van der Waals surface area contributed by atoms with Gasteiger partial charge in [-0.15, -0.1) is 0 Å². The first kappa shape index (κ1) is 14.1. The van der Waals surface area contributed by atoms with E-state index in [2.05, 4.69) is 24.8 Å². The first-order chi connectivity index (χ1) is 9.18. The van der Waals surface area contributed by atoms with Gasteiger partial charge in [0.15, 0.2) is 0 Å². The molecular weight excluding hydrogens is 234 g/mol. The van der Waals surface area contributed by atoms with Crippen LogP contribution in [0, 0.1) is 0 Å². The van der Waals surface area contributed by atoms with Gasteiger partial charge in [-0.2, -0.15) is 0 Å². The lowest BCUT2D eigenvalue weighted by Crippen LogP contribution is -2.37. The van der Waals surface area contributed by atoms with Crippen LogP contribution in [0.15, 0.2) is 36.4 Å². The monoisotopic (exact) mass is 259 g/mol. The second kappa shape index (κ2) is 6.25. The van der Waals surface area contributed by atoms with Crippen molar-refractivity contribution in [2.24, 2.45) is 5.73 Å². The molecule has 0 amide bonds. The van der Waals surface area contributed by atoms with Crippen molar-refractivity contribution in [3.05, 3.63) is 42.0 Å². The van der Waals surface area contributed by atoms with Crippen molar-refractivity contribution in [1.82, 2.24) is 0 Å². The molecule has 0 unspecified atom stereocenters. The second-order valence-corrected chi connectivity index (χ2v) is 5.79. The highest BCUT2D eigenvalue weighted by molar-refractivity contribution is 5.40. The molecular formula is C17H25NO. The summed E-state index contributed by atoms with van der Waals surface area (Å²) >= 11 is 0. The number of nitrogens with two attached hydrogens (primary N) is 1. The maximum Gasteiger partial charge on any atom is 0.123 e. The van der Waals surface area contributed by atoms with Crippen molar-refractivity contribution in [2.45, 2.75) is 44.4 Å². The van der Waals surface area contributed by atoms with Gasteiger partial charge in [0.05, 0.1) is 0 Å². The van der Waals surface area contributed by atoms with E-state index in [1.165, 1.54) is 37.7 Å². The smallest absolute Gasteiger partial charge is 0.123 e. The molecule has 2 nitrogen and oxygen atoms in total. The van der Waals surface area contributed by atoms with Crippen LogP contribution in [0.5, 0.6) is 5.75 Å². The van der Waals surface area contributed by atoms with Crippen molar-refractivity contribution in [2.75, 3.05) is 13.2 Å². The third-order valence-corrected chi connectivity index (χ3v) is 4.13. The molecule has 1 fully saturated rings. The predicted molar refractivity (Wildman–Crippen MR) is 80.6 cm³/mol. The number of benzene rings is 1. The van der Waals surface area contributed by atoms with Gasteiger partial charge in [0.2, 0.25) is 0 Å². The summed E-state index contributed by atoms with van der Waals surface area (Å²) in [5, 5.41) is 0. The molecule has 2 N–H and O–H groups in total. The maximum absolute atomic E-state index is 6.12. The average molecular weight is 259 g/mol. The molecule has 1 saturated carbocycles. The Bertz CT molecular complexity index is 433. The van der Waals surface area contributed by atoms with E-state index in [-0.39, 0.29) is 5.41 Å². The molecule has 0 aliphatic heterocycles. The minimum absolute atomic E-state index is 0.115. The SMILES string of the molecule is C=C(C)COc1ccccc1C1(CN)CCCCC1. The molecule has 2 rings (SSSR count). The van der Waals surface area contributed by atoms with E-state index in [9.17, 15) is 0 Å². The Balaban J connectivity index is 2.28. The molecule has 19 heavy (non-hydrogen) atoms. The fraction of sp³-hybridized carbons (Fsp3) is 0.529. The van der Waals surface area contributed by atoms with Crippen molar-refractivity contribution < 1.29 is 4.74 Å². The molecule has 0 bridgehead atoms. The minimum Gasteiger partial charge on any atom is -0.489 e. The molecule has 2 heteroatoms. The van der Waals surface area contributed by atoms with Gasteiger partial charge in [0.25, 0.3) is 0 Å². The Morgan fingerprint density at radius 2 is 1.95 bits per heavy atom. The summed E-state index contributed by atoms with van der Waals surface area (Å²) < 4.78 is 5.92. The second-order valence-electron chi connectivity index (χ2n) is 5.79. The minimum atomic E-state index is 0.115. The Morgan fingerprint density at radius 1 is 1.26 bits per heavy atom. The van der Waals surface area contributed by atoms with Crippen molar-refractivity contribution in [1.29, 1.82) is 0 Å². The number of para-hydroxylation sites is 1. The first-order valence-electron chi connectivity index (χ1n) is 7.25. The molecule has 1 aliphatic rings. The van der Waals surface area contributed by atoms with Crippen molar-refractivity contribution in [3.63, 3.8) is 0 Å². The lowest BCUT2D eigenvalue weighted by molar-refractivity contribution is 0.279. The predicted octanol–water partition coefficient (Wildman–Crippen LogP) is 3.80. The summed E-state index contributed by atoms with van der Waals surface area (Å²) in [4.78, 5) is 0. The topological polar surface area (TPSA) is 35.2 Å². The van der Waals surface area contributed by atoms with Crippen LogP contribution < -0.4 is 10.5 Å². The van der Waals surface area contributed by atoms with Crippen LogP contribution in [0.2, 0.25) is 0 Å². The number of hydrogen-bond acceptors (Lipinski definition) is 2. The Labute approximate surface area is 116 Å². The van der Waals surface area contributed by atoms with Crippen molar-refractivity contribution in [3.8, 4) is 5.75 Å². The van der Waals surface area contributed by atoms with Crippen LogP contribution in [0.4, 0.5) is 0 Å². The van der Waals surface area contributed by atoms with E-state index in [0.29, 0.717) is 13.2 Å². The van der Waals surface area contributed by atoms with Crippen LogP contribution in [-0.2, 0) is 5.41 Å². The molecule has 0 spiro atoms. The normalized spacial score (nSPS) is 18.0. The van der Waals surface area contributed by atoms with Gasteiger partial charge in [-0.1, -0.05) is 44.0 Å². The molecule has 1 aromatic rings. The van der Waals surface area contributed by atoms with E-state index in [4.69, 9.17) is 10.5 Å². The lowest BCUT2D eigenvalue weighted by atomic mass is 9.69. The zero-order valence-corrected chi connectivity index (χ0v) is 12.0. The first-order valence-corrected chi connectivity index (χ1v) is 7.25. The van der Waals surface area contributed by atoms with Crippen molar-refractivity contribution >= 4 is 0 Å². The Kier molecular flexibility index (Phi) is 4.65. The quantitative estimate of drug-likeness (QED) is 0.816. The molecule has 0 aromatic heterocycles. The fourth-order valence-electron chi connectivity index (χ4n) is 3.04. The summed E-state index contributed by atoms with van der Waals surface area (Å²) in [6, 6.07) is 8.37. The Morgan fingerprint density at radius 3 is 2.58 bits per heavy atom. The average Bonchev–Trinajstić information content (AvgIpc) is 2.46. The van der Waals surface area contributed by atoms with Gasteiger partial charge in [-0.3, -0.25) is 0 Å². The Hall–Kier alpha value is -1.28. The fourth-order valence-corrected chi connectivity index (χ4v) is 3.04. The third kappa shape index (κ3) is 3.19. The highest BCUT2D eigenvalue weighted by Crippen LogP contribution is 2.42. The van der Waals surface area contributed by atoms with Gasteiger partial charge in [0, 0.05) is 17.5 Å². The van der Waals surface area contributed by atoms with Gasteiger partial charge in [-0.05, 0) is 31.4 Å². The number of hydrogen-bond donors (Lipinski definition) is 1. The van der Waals surface area contributed by atoms with Crippen LogP contribution in [-0.4, -0.2) is 13.2 Å². The lowest BCUT2D eigenvalue weighted by Gasteiger charge is -2.37. The summed E-state index contributed by atoms with van der Waals surface area (Å²) in [5.41, 5.74) is 8.57. The standard InChI is InChI=1S/C17H25NO/c1-14(2)12-19-16-9-5-4-8-15(16)17(13-18)10-6-3-7-11-17/h4-5,8-9H,1,3,6-7,10-13,18H2,2H3. The van der Waals surface area contributed by atoms with E-state index >= 15 is 0 Å². The largest absolute Gasteiger partial charge is 0.489 e. The van der Waals surface area contributed by atoms with E-state index < -0.39 is 0 Å². The molecule has 104 valence electrons. The summed E-state index contributed by atoms with van der Waals surface area (Å²) in [6.07, 6.45) is 6.22. The van der Waals surface area contributed by atoms with Gasteiger partial charge >= 0.3 is 0 Å². The summed E-state index contributed by atoms with van der Waals surface area (Å²) in [6.45, 7) is 7.18. The van der Waals surface area contributed by atoms with E-state index in [0.717, 1.165) is 11.3 Å². The molecule has 0 heterocycles. The molecule has 0 saturated heterocycles. The number of ether oxygens (including phenoxy) is 1. The third-order valence-electron chi connectivity index (χ3n) is 4.13. The van der Waals surface area contributed by atoms with Crippen LogP contribution >= 0.6 is 0 Å². The van der Waals surface area contributed by atoms with Crippen LogP contribution in [0.3, 0.4) is 0 Å². The van der Waals surface area contributed by atoms with Crippen LogP contribution in [0.1, 0.15) is 44.6 Å². The zero-order valence-electron chi connectivity index (χ0n) is 12.0. The van der Waals surface area contributed by atoms with Gasteiger partial charge in [-0.25, -0.2) is 0 Å². The molecule has 1 aromatic carbocycles. The summed E-state index contributed by atoms with van der Waals surface area (Å²) in [7, 11) is 0. The zero-order chi connectivity index (χ0) is 13.7. The van der Waals surface area contributed by atoms with Gasteiger partial charge in [0.1, 0.15) is 12.4 Å². The summed E-state index contributed by atoms with van der Waals surface area (Å²) in [5.74, 6) is 0.984.